The minimum Gasteiger partial charge on any atom is -0.392 e. The maximum absolute atomic E-state index is 13.9. The molecule has 2 fully saturated rings. The van der Waals surface area contributed by atoms with Crippen molar-refractivity contribution in [2.75, 3.05) is 54.5 Å². The number of fused-ring (bicyclic) bond motifs is 3. The van der Waals surface area contributed by atoms with E-state index in [4.69, 9.17) is 4.74 Å². The summed E-state index contributed by atoms with van der Waals surface area (Å²) in [5.74, 6) is 0.801. The number of aryl methyl sites for hydroxylation is 1. The standard InChI is InChI=1S/C36H43N9O4/c1-22-18-42(25-20-49-21-25)9-10-43(22)24-5-6-32(38-17-24)39-29-14-28(40-41(4)34(29)47)26-7-8-37-33(27(26)19-46)45-12-11-44-30(35(45)48)13-23-15-36(2,3)16-31(23)44/h5-8,13-14,17,22,25,46H,9-12,15-16,18-21H2,1-4H3,(H,38,39). The van der Waals surface area contributed by atoms with Crippen LogP contribution in [0.5, 0.6) is 0 Å². The van der Waals surface area contributed by atoms with Gasteiger partial charge in [-0.3, -0.25) is 19.4 Å². The van der Waals surface area contributed by atoms with Gasteiger partial charge in [0.2, 0.25) is 0 Å². The summed E-state index contributed by atoms with van der Waals surface area (Å²) < 4.78 is 8.81. The molecule has 13 heteroatoms. The van der Waals surface area contributed by atoms with Crippen LogP contribution in [-0.4, -0.2) is 91.7 Å². The number of amides is 1. The maximum Gasteiger partial charge on any atom is 0.290 e. The Morgan fingerprint density at radius 3 is 2.59 bits per heavy atom. The van der Waals surface area contributed by atoms with Gasteiger partial charge in [0.15, 0.2) is 0 Å². The summed E-state index contributed by atoms with van der Waals surface area (Å²) in [6.45, 7) is 12.0. The van der Waals surface area contributed by atoms with Crippen molar-refractivity contribution in [2.24, 2.45) is 12.5 Å². The summed E-state index contributed by atoms with van der Waals surface area (Å²) in [6, 6.07) is 10.2. The molecule has 0 spiro atoms. The van der Waals surface area contributed by atoms with Gasteiger partial charge in [0.05, 0.1) is 43.4 Å². The fraction of sp³-hybridized carbons (Fsp3) is 0.472. The molecule has 0 aromatic carbocycles. The van der Waals surface area contributed by atoms with Crippen molar-refractivity contribution >= 4 is 28.9 Å². The van der Waals surface area contributed by atoms with Gasteiger partial charge < -0.3 is 24.6 Å². The van der Waals surface area contributed by atoms with Gasteiger partial charge in [-0.25, -0.2) is 14.6 Å². The van der Waals surface area contributed by atoms with Crippen molar-refractivity contribution in [1.82, 2.24) is 29.2 Å². The molecule has 0 radical (unpaired) electrons. The van der Waals surface area contributed by atoms with Gasteiger partial charge in [0.25, 0.3) is 11.5 Å². The molecule has 0 saturated carbocycles. The SMILES string of the molecule is CC1CN(C2COC2)CCN1c1ccc(Nc2cc(-c3ccnc(N4CCn5c(cc6c5CC(C)(C)C6)C4=O)c3CO)nn(C)c2=O)nc1. The lowest BCUT2D eigenvalue weighted by atomic mass is 9.90. The predicted molar refractivity (Wildman–Crippen MR) is 186 cm³/mol. The van der Waals surface area contributed by atoms with Crippen LogP contribution in [0.15, 0.2) is 47.5 Å². The van der Waals surface area contributed by atoms with E-state index < -0.39 is 0 Å². The van der Waals surface area contributed by atoms with Gasteiger partial charge in [-0.1, -0.05) is 13.8 Å². The first-order valence-corrected chi connectivity index (χ1v) is 17.1. The molecule has 2 N–H and O–H groups in total. The largest absolute Gasteiger partial charge is 0.392 e. The number of aliphatic hydroxyl groups excluding tert-OH is 1. The molecule has 1 aliphatic carbocycles. The zero-order valence-electron chi connectivity index (χ0n) is 28.5. The Kier molecular flexibility index (Phi) is 7.80. The van der Waals surface area contributed by atoms with Gasteiger partial charge in [0.1, 0.15) is 23.0 Å². The second-order valence-corrected chi connectivity index (χ2v) is 14.6. The minimum absolute atomic E-state index is 0.132. The highest BCUT2D eigenvalue weighted by atomic mass is 16.5. The second-order valence-electron chi connectivity index (χ2n) is 14.6. The van der Waals surface area contributed by atoms with E-state index in [9.17, 15) is 14.7 Å². The molecule has 0 bridgehead atoms. The number of carbonyl (C=O) groups is 1. The Morgan fingerprint density at radius 2 is 1.88 bits per heavy atom. The van der Waals surface area contributed by atoms with Crippen LogP contribution in [0.25, 0.3) is 11.3 Å². The zero-order chi connectivity index (χ0) is 34.0. The summed E-state index contributed by atoms with van der Waals surface area (Å²) in [5.41, 5.74) is 5.90. The average molecular weight is 666 g/mol. The topological polar surface area (TPSA) is 134 Å². The number of anilines is 4. The molecule has 8 rings (SSSR count). The molecule has 4 aromatic rings. The van der Waals surface area contributed by atoms with Crippen LogP contribution >= 0.6 is 0 Å². The Labute approximate surface area is 285 Å². The molecule has 2 saturated heterocycles. The highest BCUT2D eigenvalue weighted by Crippen LogP contribution is 2.40. The van der Waals surface area contributed by atoms with E-state index >= 15 is 0 Å². The first kappa shape index (κ1) is 31.7. The Morgan fingerprint density at radius 1 is 1.04 bits per heavy atom. The normalized spacial score (nSPS) is 20.7. The average Bonchev–Trinajstić information content (AvgIpc) is 3.55. The molecule has 256 valence electrons. The van der Waals surface area contributed by atoms with Gasteiger partial charge in [-0.2, -0.15) is 5.10 Å². The molecule has 1 atom stereocenters. The molecule has 7 heterocycles. The first-order chi connectivity index (χ1) is 23.6. The van der Waals surface area contributed by atoms with Crippen LogP contribution in [0.1, 0.15) is 48.1 Å². The van der Waals surface area contributed by atoms with E-state index in [1.54, 1.807) is 30.3 Å². The third-order valence-corrected chi connectivity index (χ3v) is 10.5. The smallest absolute Gasteiger partial charge is 0.290 e. The number of aliphatic hydroxyl groups is 1. The van der Waals surface area contributed by atoms with E-state index in [-0.39, 0.29) is 23.5 Å². The molecular weight excluding hydrogens is 622 g/mol. The summed E-state index contributed by atoms with van der Waals surface area (Å²) in [4.78, 5) is 42.8. The molecule has 49 heavy (non-hydrogen) atoms. The molecule has 3 aliphatic heterocycles. The number of hydrogen-bond donors (Lipinski definition) is 2. The molecular formula is C36H43N9O4. The number of ether oxygens (including phenoxy) is 1. The van der Waals surface area contributed by atoms with E-state index in [1.165, 1.54) is 15.9 Å². The highest BCUT2D eigenvalue weighted by Gasteiger charge is 2.38. The van der Waals surface area contributed by atoms with Crippen molar-refractivity contribution in [3.63, 3.8) is 0 Å². The molecule has 1 unspecified atom stereocenters. The predicted octanol–water partition coefficient (Wildman–Crippen LogP) is 2.97. The van der Waals surface area contributed by atoms with Crippen LogP contribution in [-0.2, 0) is 37.8 Å². The molecule has 4 aromatic heterocycles. The van der Waals surface area contributed by atoms with Crippen molar-refractivity contribution in [2.45, 2.75) is 58.8 Å². The Bertz CT molecular complexity index is 1980. The van der Waals surface area contributed by atoms with Crippen LogP contribution in [0, 0.1) is 5.41 Å². The monoisotopic (exact) mass is 665 g/mol. The number of rotatable bonds is 7. The van der Waals surface area contributed by atoms with E-state index in [0.717, 1.165) is 51.4 Å². The molecule has 13 nitrogen and oxygen atoms in total. The summed E-state index contributed by atoms with van der Waals surface area (Å²) >= 11 is 0. The lowest BCUT2D eigenvalue weighted by Gasteiger charge is -2.46. The van der Waals surface area contributed by atoms with E-state index in [2.05, 4.69) is 55.5 Å². The Balaban J connectivity index is 1.04. The third-order valence-electron chi connectivity index (χ3n) is 10.5. The maximum atomic E-state index is 13.9. The van der Waals surface area contributed by atoms with Crippen molar-refractivity contribution in [3.05, 3.63) is 75.6 Å². The zero-order valence-corrected chi connectivity index (χ0v) is 28.5. The fourth-order valence-corrected chi connectivity index (χ4v) is 7.96. The van der Waals surface area contributed by atoms with Gasteiger partial charge in [-0.05, 0) is 61.1 Å². The van der Waals surface area contributed by atoms with Gasteiger partial charge in [-0.15, -0.1) is 0 Å². The second kappa shape index (κ2) is 12.1. The number of hydrogen-bond acceptors (Lipinski definition) is 10. The summed E-state index contributed by atoms with van der Waals surface area (Å²) in [6.07, 6.45) is 5.36. The fourth-order valence-electron chi connectivity index (χ4n) is 7.96. The summed E-state index contributed by atoms with van der Waals surface area (Å²) in [5, 5.41) is 18.4. The van der Waals surface area contributed by atoms with E-state index in [0.29, 0.717) is 65.0 Å². The lowest BCUT2D eigenvalue weighted by molar-refractivity contribution is -0.0691. The number of piperazine rings is 1. The third kappa shape index (κ3) is 5.59. The summed E-state index contributed by atoms with van der Waals surface area (Å²) in [7, 11) is 1.59. The highest BCUT2D eigenvalue weighted by molar-refractivity contribution is 6.06. The lowest BCUT2D eigenvalue weighted by Crippen LogP contribution is -2.59. The number of nitrogens with zero attached hydrogens (tertiary/aromatic N) is 8. The van der Waals surface area contributed by atoms with Gasteiger partial charge in [0, 0.05) is 68.8 Å². The van der Waals surface area contributed by atoms with Crippen molar-refractivity contribution in [3.8, 4) is 11.3 Å². The van der Waals surface area contributed by atoms with Crippen LogP contribution in [0.2, 0.25) is 0 Å². The minimum atomic E-state index is -0.356. The molecule has 4 aliphatic rings. The molecule has 1 amide bonds. The Hall–Kier alpha value is -4.59. The van der Waals surface area contributed by atoms with Crippen LogP contribution in [0.4, 0.5) is 23.0 Å². The number of aromatic nitrogens is 5. The van der Waals surface area contributed by atoms with Crippen LogP contribution < -0.4 is 20.7 Å². The number of pyridine rings is 2. The quantitative estimate of drug-likeness (QED) is 0.304. The van der Waals surface area contributed by atoms with Gasteiger partial charge >= 0.3 is 0 Å². The number of nitrogens with one attached hydrogen (secondary N) is 1. The van der Waals surface area contributed by atoms with Crippen LogP contribution in [0.3, 0.4) is 0 Å². The van der Waals surface area contributed by atoms with Crippen molar-refractivity contribution < 1.29 is 14.6 Å². The number of carbonyl (C=O) groups excluding carboxylic acids is 1. The van der Waals surface area contributed by atoms with E-state index in [1.807, 2.05) is 24.4 Å². The van der Waals surface area contributed by atoms with Crippen molar-refractivity contribution in [1.29, 1.82) is 0 Å². The first-order valence-electron chi connectivity index (χ1n) is 17.1.